The molecule has 0 aliphatic heterocycles. The van der Waals surface area contributed by atoms with Crippen LogP contribution in [0.1, 0.15) is 0 Å². The van der Waals surface area contributed by atoms with Crippen LogP contribution in [0.2, 0.25) is 10.0 Å². The van der Waals surface area contributed by atoms with E-state index in [9.17, 15) is 10.1 Å². The smallest absolute Gasteiger partial charge is 0.312 e. The second kappa shape index (κ2) is 6.44. The number of rotatable bonds is 5. The average molecular weight is 277 g/mol. The van der Waals surface area contributed by atoms with Gasteiger partial charge in [0, 0.05) is 18.7 Å². The lowest BCUT2D eigenvalue weighted by Crippen LogP contribution is -2.00. The molecule has 0 bridgehead atoms. The number of nitro groups is 1. The molecule has 5 nitrogen and oxygen atoms in total. The largest absolute Gasteiger partial charge is 0.483 e. The van der Waals surface area contributed by atoms with Gasteiger partial charge in [-0.25, -0.2) is 0 Å². The zero-order valence-electron chi connectivity index (χ0n) is 8.73. The molecule has 1 aromatic rings. The van der Waals surface area contributed by atoms with Crippen LogP contribution in [-0.4, -0.2) is 18.1 Å². The molecule has 0 saturated carbocycles. The van der Waals surface area contributed by atoms with E-state index in [1.54, 1.807) is 12.2 Å². The fraction of sp³-hybridized carbons (Fsp3) is 0.200. The summed E-state index contributed by atoms with van der Waals surface area (Å²) in [6, 6.07) is 2.48. The second-order valence-electron chi connectivity index (χ2n) is 3.01. The molecule has 0 unspecified atom stereocenters. The molecule has 0 atom stereocenters. The van der Waals surface area contributed by atoms with Crippen LogP contribution in [0, 0.1) is 10.1 Å². The van der Waals surface area contributed by atoms with Crippen LogP contribution in [0.4, 0.5) is 5.69 Å². The zero-order valence-corrected chi connectivity index (χ0v) is 10.2. The third-order valence-electron chi connectivity index (χ3n) is 1.84. The number of nitrogens with zero attached hydrogens (tertiary/aromatic N) is 1. The van der Waals surface area contributed by atoms with E-state index >= 15 is 0 Å². The predicted octanol–water partition coefficient (Wildman–Crippen LogP) is 2.80. The average Bonchev–Trinajstić information content (AvgIpc) is 2.28. The van der Waals surface area contributed by atoms with Gasteiger partial charge in [-0.2, -0.15) is 0 Å². The maximum Gasteiger partial charge on any atom is 0.312 e. The summed E-state index contributed by atoms with van der Waals surface area (Å²) in [6.45, 7) is 0.558. The maximum atomic E-state index is 10.8. The first-order chi connectivity index (χ1) is 8.06. The molecule has 0 fully saturated rings. The molecular formula is C10H10Cl2N2O3. The number of nitro benzene ring substituents is 1. The van der Waals surface area contributed by atoms with E-state index < -0.39 is 4.92 Å². The van der Waals surface area contributed by atoms with Crippen LogP contribution in [0.3, 0.4) is 0 Å². The second-order valence-corrected chi connectivity index (χ2v) is 3.82. The highest BCUT2D eigenvalue weighted by Crippen LogP contribution is 2.35. The maximum absolute atomic E-state index is 10.8. The molecule has 7 heteroatoms. The molecule has 0 saturated heterocycles. The van der Waals surface area contributed by atoms with Gasteiger partial charge in [0.25, 0.3) is 0 Å². The normalized spacial score (nSPS) is 10.8. The van der Waals surface area contributed by atoms with Gasteiger partial charge in [-0.15, -0.1) is 0 Å². The van der Waals surface area contributed by atoms with Gasteiger partial charge >= 0.3 is 5.69 Å². The van der Waals surface area contributed by atoms with Crippen molar-refractivity contribution < 1.29 is 9.66 Å². The van der Waals surface area contributed by atoms with Crippen LogP contribution in [0.5, 0.6) is 5.75 Å². The third-order valence-corrected chi connectivity index (χ3v) is 2.56. The number of hydrogen-bond donors (Lipinski definition) is 1. The van der Waals surface area contributed by atoms with Crippen molar-refractivity contribution >= 4 is 28.9 Å². The van der Waals surface area contributed by atoms with Crippen molar-refractivity contribution in [2.45, 2.75) is 0 Å². The Labute approximate surface area is 108 Å². The molecule has 0 heterocycles. The summed E-state index contributed by atoms with van der Waals surface area (Å²) in [4.78, 5) is 10.2. The highest BCUT2D eigenvalue weighted by Gasteiger charge is 2.17. The minimum atomic E-state index is -0.579. The van der Waals surface area contributed by atoms with Crippen LogP contribution >= 0.6 is 23.2 Å². The molecule has 92 valence electrons. The first-order valence-corrected chi connectivity index (χ1v) is 5.43. The van der Waals surface area contributed by atoms with Crippen molar-refractivity contribution in [3.63, 3.8) is 0 Å². The molecule has 0 radical (unpaired) electrons. The van der Waals surface area contributed by atoms with Gasteiger partial charge < -0.3 is 10.5 Å². The van der Waals surface area contributed by atoms with Gasteiger partial charge in [-0.05, 0) is 0 Å². The molecule has 1 aromatic carbocycles. The van der Waals surface area contributed by atoms with E-state index in [2.05, 4.69) is 0 Å². The molecule has 0 aliphatic rings. The minimum absolute atomic E-state index is 0.0751. The van der Waals surface area contributed by atoms with Gasteiger partial charge in [0.1, 0.15) is 6.61 Å². The Balaban J connectivity index is 2.92. The Morgan fingerprint density at radius 1 is 1.35 bits per heavy atom. The number of nitrogens with two attached hydrogens (primary N) is 1. The molecule has 0 aromatic heterocycles. The van der Waals surface area contributed by atoms with Crippen molar-refractivity contribution in [3.8, 4) is 5.75 Å². The lowest BCUT2D eigenvalue weighted by Gasteiger charge is -2.05. The van der Waals surface area contributed by atoms with Gasteiger partial charge in [0.2, 0.25) is 0 Å². The molecule has 0 aliphatic carbocycles. The summed E-state index contributed by atoms with van der Waals surface area (Å²) in [6.07, 6.45) is 3.34. The van der Waals surface area contributed by atoms with Crippen molar-refractivity contribution in [1.29, 1.82) is 0 Å². The Morgan fingerprint density at radius 2 is 2.00 bits per heavy atom. The fourth-order valence-corrected chi connectivity index (χ4v) is 1.39. The molecule has 0 amide bonds. The van der Waals surface area contributed by atoms with Gasteiger partial charge in [-0.3, -0.25) is 10.1 Å². The van der Waals surface area contributed by atoms with Gasteiger partial charge in [0.05, 0.1) is 15.0 Å². The first kappa shape index (κ1) is 13.8. The predicted molar refractivity (Wildman–Crippen MR) is 66.8 cm³/mol. The van der Waals surface area contributed by atoms with E-state index in [0.717, 1.165) is 6.07 Å². The van der Waals surface area contributed by atoms with E-state index in [4.69, 9.17) is 33.7 Å². The SMILES string of the molecule is NC/C=C/COc1cc(Cl)c(Cl)cc1[N+](=O)[O-]. The molecule has 17 heavy (non-hydrogen) atoms. The van der Waals surface area contributed by atoms with E-state index in [0.29, 0.717) is 6.54 Å². The number of ether oxygens (including phenoxy) is 1. The van der Waals surface area contributed by atoms with Crippen molar-refractivity contribution in [3.05, 3.63) is 44.4 Å². The van der Waals surface area contributed by atoms with Crippen LogP contribution in [0.25, 0.3) is 0 Å². The molecule has 0 spiro atoms. The van der Waals surface area contributed by atoms with E-state index in [1.807, 2.05) is 0 Å². The Hall–Kier alpha value is -1.30. The Bertz CT molecular complexity index is 449. The Morgan fingerprint density at radius 3 is 2.59 bits per heavy atom. The number of halogens is 2. The lowest BCUT2D eigenvalue weighted by molar-refractivity contribution is -0.385. The van der Waals surface area contributed by atoms with Crippen molar-refractivity contribution in [2.75, 3.05) is 13.2 Å². The first-order valence-electron chi connectivity index (χ1n) is 4.67. The van der Waals surface area contributed by atoms with Gasteiger partial charge in [0.15, 0.2) is 5.75 Å². The quantitative estimate of drug-likeness (QED) is 0.510. The molecule has 1 rings (SSSR count). The summed E-state index contributed by atoms with van der Waals surface area (Å²) in [5.74, 6) is 0.0751. The Kier molecular flexibility index (Phi) is 5.21. The summed E-state index contributed by atoms with van der Waals surface area (Å²) >= 11 is 11.4. The fourth-order valence-electron chi connectivity index (χ4n) is 1.08. The standard InChI is InChI=1S/C10H10Cl2N2O3/c11-7-5-9(14(15)16)10(6-8(7)12)17-4-2-1-3-13/h1-2,5-6H,3-4,13H2/b2-1+. The van der Waals surface area contributed by atoms with Crippen molar-refractivity contribution in [1.82, 2.24) is 0 Å². The number of hydrogen-bond acceptors (Lipinski definition) is 4. The zero-order chi connectivity index (χ0) is 12.8. The van der Waals surface area contributed by atoms with Gasteiger partial charge in [-0.1, -0.05) is 35.4 Å². The van der Waals surface area contributed by atoms with E-state index in [-0.39, 0.29) is 28.1 Å². The summed E-state index contributed by atoms with van der Waals surface area (Å²) in [7, 11) is 0. The lowest BCUT2D eigenvalue weighted by atomic mass is 10.3. The summed E-state index contributed by atoms with van der Waals surface area (Å²) in [5.41, 5.74) is 5.02. The molecular weight excluding hydrogens is 267 g/mol. The van der Waals surface area contributed by atoms with Crippen LogP contribution in [-0.2, 0) is 0 Å². The minimum Gasteiger partial charge on any atom is -0.483 e. The topological polar surface area (TPSA) is 78.4 Å². The summed E-state index contributed by atoms with van der Waals surface area (Å²) in [5, 5.41) is 11.1. The van der Waals surface area contributed by atoms with Crippen molar-refractivity contribution in [2.24, 2.45) is 5.73 Å². The number of benzene rings is 1. The van der Waals surface area contributed by atoms with Crippen LogP contribution in [0.15, 0.2) is 24.3 Å². The monoisotopic (exact) mass is 276 g/mol. The molecule has 2 N–H and O–H groups in total. The summed E-state index contributed by atoms with van der Waals surface area (Å²) < 4.78 is 5.21. The highest BCUT2D eigenvalue weighted by molar-refractivity contribution is 6.42. The van der Waals surface area contributed by atoms with E-state index in [1.165, 1.54) is 6.07 Å². The third kappa shape index (κ3) is 3.89. The van der Waals surface area contributed by atoms with Crippen LogP contribution < -0.4 is 10.5 Å². The highest BCUT2D eigenvalue weighted by atomic mass is 35.5.